The Balaban J connectivity index is 1.82. The van der Waals surface area contributed by atoms with Crippen molar-refractivity contribution >= 4 is 5.91 Å². The summed E-state index contributed by atoms with van der Waals surface area (Å²) in [5, 5.41) is 2.75. The molecule has 1 rings (SSSR count). The summed E-state index contributed by atoms with van der Waals surface area (Å²) in [6, 6.07) is 0. The van der Waals surface area contributed by atoms with Gasteiger partial charge in [-0.1, -0.05) is 12.8 Å². The Labute approximate surface area is 67.3 Å². The molecule has 1 amide bonds. The van der Waals surface area contributed by atoms with Crippen LogP contribution in [0.15, 0.2) is 0 Å². The highest BCUT2D eigenvalue weighted by Crippen LogP contribution is 2.33. The molecule has 3 N–H and O–H groups in total. The fraction of sp³-hybridized carbons (Fsp3) is 0.875. The van der Waals surface area contributed by atoms with Gasteiger partial charge in [-0.05, 0) is 18.8 Å². The zero-order valence-corrected chi connectivity index (χ0v) is 6.81. The van der Waals surface area contributed by atoms with E-state index in [-0.39, 0.29) is 12.5 Å². The normalized spacial score (nSPS) is 16.5. The summed E-state index contributed by atoms with van der Waals surface area (Å²) in [5.41, 5.74) is 5.11. The maximum atomic E-state index is 10.6. The lowest BCUT2D eigenvalue weighted by molar-refractivity contribution is -0.119. The molecule has 0 bridgehead atoms. The van der Waals surface area contributed by atoms with Gasteiger partial charge < -0.3 is 11.1 Å². The van der Waals surface area contributed by atoms with Gasteiger partial charge in [0.25, 0.3) is 0 Å². The minimum atomic E-state index is -0.0409. The molecule has 64 valence electrons. The van der Waals surface area contributed by atoms with Crippen LogP contribution >= 0.6 is 0 Å². The van der Waals surface area contributed by atoms with E-state index in [1.54, 1.807) is 0 Å². The second kappa shape index (κ2) is 4.34. The number of hydrogen-bond acceptors (Lipinski definition) is 2. The number of nitrogens with two attached hydrogens (primary N) is 1. The lowest BCUT2D eigenvalue weighted by Crippen LogP contribution is -2.30. The summed E-state index contributed by atoms with van der Waals surface area (Å²) in [6.45, 7) is 0.913. The molecule has 0 unspecified atom stereocenters. The van der Waals surface area contributed by atoms with Crippen LogP contribution in [0.2, 0.25) is 0 Å². The van der Waals surface area contributed by atoms with Gasteiger partial charge in [0.1, 0.15) is 0 Å². The Hall–Kier alpha value is -0.570. The summed E-state index contributed by atoms with van der Waals surface area (Å²) >= 11 is 0. The second-order valence-electron chi connectivity index (χ2n) is 3.14. The number of hydrogen-bond donors (Lipinski definition) is 2. The molecule has 0 spiro atoms. The SMILES string of the molecule is NCC(=O)NCCCC1CC1. The zero-order chi connectivity index (χ0) is 8.10. The van der Waals surface area contributed by atoms with Gasteiger partial charge in [0, 0.05) is 6.54 Å². The first-order valence-electron chi connectivity index (χ1n) is 4.29. The van der Waals surface area contributed by atoms with Gasteiger partial charge in [0.05, 0.1) is 6.54 Å². The van der Waals surface area contributed by atoms with Crippen molar-refractivity contribution in [2.45, 2.75) is 25.7 Å². The summed E-state index contributed by atoms with van der Waals surface area (Å²) in [7, 11) is 0. The van der Waals surface area contributed by atoms with Gasteiger partial charge >= 0.3 is 0 Å². The van der Waals surface area contributed by atoms with Crippen molar-refractivity contribution in [3.63, 3.8) is 0 Å². The van der Waals surface area contributed by atoms with E-state index >= 15 is 0 Å². The highest BCUT2D eigenvalue weighted by Gasteiger charge is 2.19. The Bertz CT molecular complexity index is 132. The first kappa shape index (κ1) is 8.53. The number of nitrogens with one attached hydrogen (secondary N) is 1. The summed E-state index contributed by atoms with van der Waals surface area (Å²) in [4.78, 5) is 10.6. The molecule has 1 aliphatic carbocycles. The maximum Gasteiger partial charge on any atom is 0.233 e. The van der Waals surface area contributed by atoms with E-state index in [1.807, 2.05) is 0 Å². The molecule has 3 nitrogen and oxygen atoms in total. The molecule has 0 aromatic carbocycles. The van der Waals surface area contributed by atoms with Crippen molar-refractivity contribution in [3.05, 3.63) is 0 Å². The lowest BCUT2D eigenvalue weighted by atomic mass is 10.2. The molecule has 11 heavy (non-hydrogen) atoms. The van der Waals surface area contributed by atoms with Crippen LogP contribution in [0, 0.1) is 5.92 Å². The van der Waals surface area contributed by atoms with Crippen molar-refractivity contribution in [2.75, 3.05) is 13.1 Å². The van der Waals surface area contributed by atoms with Crippen LogP contribution in [-0.2, 0) is 4.79 Å². The van der Waals surface area contributed by atoms with Gasteiger partial charge in [0.2, 0.25) is 5.91 Å². The third kappa shape index (κ3) is 3.98. The quantitative estimate of drug-likeness (QED) is 0.561. The van der Waals surface area contributed by atoms with Gasteiger partial charge in [-0.15, -0.1) is 0 Å². The van der Waals surface area contributed by atoms with Crippen molar-refractivity contribution < 1.29 is 4.79 Å². The fourth-order valence-corrected chi connectivity index (χ4v) is 1.10. The van der Waals surface area contributed by atoms with Gasteiger partial charge in [0.15, 0.2) is 0 Å². The summed E-state index contributed by atoms with van der Waals surface area (Å²) < 4.78 is 0. The van der Waals surface area contributed by atoms with E-state index in [9.17, 15) is 4.79 Å². The number of rotatable bonds is 5. The Kier molecular flexibility index (Phi) is 3.36. The molecule has 0 aromatic rings. The fourth-order valence-electron chi connectivity index (χ4n) is 1.10. The number of amides is 1. The molecule has 0 radical (unpaired) electrons. The minimum absolute atomic E-state index is 0.0409. The molecule has 1 aliphatic rings. The Morgan fingerprint density at radius 3 is 2.82 bits per heavy atom. The van der Waals surface area contributed by atoms with Crippen molar-refractivity contribution in [1.82, 2.24) is 5.32 Å². The van der Waals surface area contributed by atoms with Gasteiger partial charge in [-0.2, -0.15) is 0 Å². The molecule has 0 saturated heterocycles. The highest BCUT2D eigenvalue weighted by molar-refractivity contribution is 5.77. The predicted octanol–water partition coefficient (Wildman–Crippen LogP) is 0.251. The Morgan fingerprint density at radius 2 is 2.27 bits per heavy atom. The van der Waals surface area contributed by atoms with Gasteiger partial charge in [-0.25, -0.2) is 0 Å². The molecule has 0 heterocycles. The van der Waals surface area contributed by atoms with E-state index in [2.05, 4.69) is 5.32 Å². The molecule has 0 aromatic heterocycles. The predicted molar refractivity (Wildman–Crippen MR) is 44.0 cm³/mol. The summed E-state index contributed by atoms with van der Waals surface area (Å²) in [5.74, 6) is 0.922. The van der Waals surface area contributed by atoms with Crippen molar-refractivity contribution in [3.8, 4) is 0 Å². The molecule has 0 aliphatic heterocycles. The van der Waals surface area contributed by atoms with E-state index in [0.29, 0.717) is 0 Å². The largest absolute Gasteiger partial charge is 0.355 e. The second-order valence-corrected chi connectivity index (χ2v) is 3.14. The molecule has 3 heteroatoms. The van der Waals surface area contributed by atoms with E-state index in [1.165, 1.54) is 19.3 Å². The average molecular weight is 156 g/mol. The van der Waals surface area contributed by atoms with Crippen LogP contribution in [0.4, 0.5) is 0 Å². The smallest absolute Gasteiger partial charge is 0.233 e. The molecule has 1 fully saturated rings. The van der Waals surface area contributed by atoms with Crippen LogP contribution in [-0.4, -0.2) is 19.0 Å². The first-order chi connectivity index (χ1) is 5.33. The minimum Gasteiger partial charge on any atom is -0.355 e. The standard InChI is InChI=1S/C8H16N2O/c9-6-8(11)10-5-1-2-7-3-4-7/h7H,1-6,9H2,(H,10,11). The van der Waals surface area contributed by atoms with E-state index < -0.39 is 0 Å². The van der Waals surface area contributed by atoms with Gasteiger partial charge in [-0.3, -0.25) is 4.79 Å². The average Bonchev–Trinajstić information content (AvgIpc) is 2.81. The number of carbonyl (C=O) groups excluding carboxylic acids is 1. The Morgan fingerprint density at radius 1 is 1.55 bits per heavy atom. The van der Waals surface area contributed by atoms with Crippen LogP contribution in [0.3, 0.4) is 0 Å². The molecule has 1 saturated carbocycles. The molecular weight excluding hydrogens is 140 g/mol. The van der Waals surface area contributed by atoms with E-state index in [0.717, 1.165) is 18.9 Å². The number of carbonyl (C=O) groups is 1. The third-order valence-electron chi connectivity index (χ3n) is 1.99. The zero-order valence-electron chi connectivity index (χ0n) is 6.81. The maximum absolute atomic E-state index is 10.6. The van der Waals surface area contributed by atoms with Crippen LogP contribution < -0.4 is 11.1 Å². The van der Waals surface area contributed by atoms with E-state index in [4.69, 9.17) is 5.73 Å². The van der Waals surface area contributed by atoms with Crippen molar-refractivity contribution in [1.29, 1.82) is 0 Å². The van der Waals surface area contributed by atoms with Crippen LogP contribution in [0.1, 0.15) is 25.7 Å². The third-order valence-corrected chi connectivity index (χ3v) is 1.99. The monoisotopic (exact) mass is 156 g/mol. The van der Waals surface area contributed by atoms with Crippen LogP contribution in [0.5, 0.6) is 0 Å². The summed E-state index contributed by atoms with van der Waals surface area (Å²) in [6.07, 6.45) is 5.16. The molecular formula is C8H16N2O. The van der Waals surface area contributed by atoms with Crippen molar-refractivity contribution in [2.24, 2.45) is 11.7 Å². The topological polar surface area (TPSA) is 55.1 Å². The highest BCUT2D eigenvalue weighted by atomic mass is 16.1. The van der Waals surface area contributed by atoms with Crippen LogP contribution in [0.25, 0.3) is 0 Å². The molecule has 0 atom stereocenters. The first-order valence-corrected chi connectivity index (χ1v) is 4.29. The lowest BCUT2D eigenvalue weighted by Gasteiger charge is -2.01.